The summed E-state index contributed by atoms with van der Waals surface area (Å²) < 4.78 is 15.9. The van der Waals surface area contributed by atoms with E-state index in [1.165, 1.54) is 5.56 Å². The first kappa shape index (κ1) is 10.3. The lowest BCUT2D eigenvalue weighted by atomic mass is 10.1. The fraction of sp³-hybridized carbons (Fsp3) is 0.455. The summed E-state index contributed by atoms with van der Waals surface area (Å²) in [5, 5.41) is 3.10. The topological polar surface area (TPSA) is 39.7 Å². The maximum Gasteiger partial charge on any atom is 0.189 e. The largest absolute Gasteiger partial charge is 0.493 e. The molecule has 0 aromatic heterocycles. The van der Waals surface area contributed by atoms with Crippen molar-refractivity contribution in [1.82, 2.24) is 5.32 Å². The molecule has 0 spiro atoms. The summed E-state index contributed by atoms with van der Waals surface area (Å²) >= 11 is 0. The average molecular weight is 209 g/mol. The lowest BCUT2D eigenvalue weighted by Gasteiger charge is -2.21. The molecule has 0 atom stereocenters. The molecule has 0 bridgehead atoms. The SMILES string of the molecule is CNCc1cc2c(c(OC)c1)OCOC2. The molecule has 1 aromatic rings. The number of methoxy groups -OCH3 is 1. The molecule has 15 heavy (non-hydrogen) atoms. The number of benzene rings is 1. The van der Waals surface area contributed by atoms with Gasteiger partial charge in [-0.2, -0.15) is 0 Å². The molecule has 0 saturated carbocycles. The van der Waals surface area contributed by atoms with Crippen LogP contribution in [0.1, 0.15) is 11.1 Å². The van der Waals surface area contributed by atoms with E-state index < -0.39 is 0 Å². The molecule has 2 rings (SSSR count). The van der Waals surface area contributed by atoms with E-state index in [0.29, 0.717) is 13.4 Å². The Kier molecular flexibility index (Phi) is 3.08. The second-order valence-corrected chi connectivity index (χ2v) is 3.43. The minimum atomic E-state index is 0.300. The summed E-state index contributed by atoms with van der Waals surface area (Å²) in [4.78, 5) is 0. The second kappa shape index (κ2) is 4.51. The Morgan fingerprint density at radius 2 is 2.33 bits per heavy atom. The van der Waals surface area contributed by atoms with E-state index in [2.05, 4.69) is 11.4 Å². The standard InChI is InChI=1S/C11H15NO3/c1-12-5-8-3-9-6-14-7-15-11(9)10(4-8)13-2/h3-4,12H,5-7H2,1-2H3. The minimum Gasteiger partial charge on any atom is -0.493 e. The van der Waals surface area contributed by atoms with Gasteiger partial charge in [-0.05, 0) is 24.7 Å². The van der Waals surface area contributed by atoms with Gasteiger partial charge in [0.25, 0.3) is 0 Å². The second-order valence-electron chi connectivity index (χ2n) is 3.43. The Hall–Kier alpha value is -1.26. The maximum atomic E-state index is 5.41. The molecule has 1 aromatic carbocycles. The molecule has 1 heterocycles. The van der Waals surface area contributed by atoms with E-state index in [9.17, 15) is 0 Å². The van der Waals surface area contributed by atoms with E-state index in [1.54, 1.807) is 7.11 Å². The molecular formula is C11H15NO3. The summed E-state index contributed by atoms with van der Waals surface area (Å²) in [6, 6.07) is 4.06. The zero-order valence-electron chi connectivity index (χ0n) is 9.00. The summed E-state index contributed by atoms with van der Waals surface area (Å²) in [5.74, 6) is 1.59. The van der Waals surface area contributed by atoms with Crippen LogP contribution in [0.4, 0.5) is 0 Å². The normalized spacial score (nSPS) is 14.3. The molecule has 0 fully saturated rings. The highest BCUT2D eigenvalue weighted by molar-refractivity contribution is 5.49. The first-order chi connectivity index (χ1) is 7.35. The van der Waals surface area contributed by atoms with Crippen LogP contribution in [0.5, 0.6) is 11.5 Å². The molecule has 0 aliphatic carbocycles. The van der Waals surface area contributed by atoms with Crippen LogP contribution in [0.3, 0.4) is 0 Å². The zero-order chi connectivity index (χ0) is 10.7. The molecule has 4 heteroatoms. The lowest BCUT2D eigenvalue weighted by Crippen LogP contribution is -2.14. The fourth-order valence-electron chi connectivity index (χ4n) is 1.70. The van der Waals surface area contributed by atoms with Crippen molar-refractivity contribution in [2.24, 2.45) is 0 Å². The van der Waals surface area contributed by atoms with Crippen molar-refractivity contribution in [2.75, 3.05) is 21.0 Å². The van der Waals surface area contributed by atoms with Crippen LogP contribution in [0.15, 0.2) is 12.1 Å². The molecule has 1 aliphatic rings. The van der Waals surface area contributed by atoms with Crippen molar-refractivity contribution in [3.63, 3.8) is 0 Å². The van der Waals surface area contributed by atoms with Gasteiger partial charge in [0.05, 0.1) is 13.7 Å². The highest BCUT2D eigenvalue weighted by atomic mass is 16.7. The van der Waals surface area contributed by atoms with Crippen LogP contribution in [0.25, 0.3) is 0 Å². The molecule has 0 saturated heterocycles. The van der Waals surface area contributed by atoms with E-state index in [-0.39, 0.29) is 0 Å². The monoisotopic (exact) mass is 209 g/mol. The number of hydrogen-bond acceptors (Lipinski definition) is 4. The van der Waals surface area contributed by atoms with Crippen LogP contribution in [-0.4, -0.2) is 21.0 Å². The Morgan fingerprint density at radius 1 is 1.47 bits per heavy atom. The number of hydrogen-bond donors (Lipinski definition) is 1. The Morgan fingerprint density at radius 3 is 3.07 bits per heavy atom. The third-order valence-corrected chi connectivity index (χ3v) is 2.34. The molecule has 1 aliphatic heterocycles. The van der Waals surface area contributed by atoms with Crippen LogP contribution in [0.2, 0.25) is 0 Å². The van der Waals surface area contributed by atoms with Crippen molar-refractivity contribution >= 4 is 0 Å². The van der Waals surface area contributed by atoms with Crippen molar-refractivity contribution in [3.8, 4) is 11.5 Å². The zero-order valence-corrected chi connectivity index (χ0v) is 9.00. The van der Waals surface area contributed by atoms with Gasteiger partial charge in [0.15, 0.2) is 18.3 Å². The van der Waals surface area contributed by atoms with Gasteiger partial charge in [-0.1, -0.05) is 0 Å². The van der Waals surface area contributed by atoms with Gasteiger partial charge in [-0.3, -0.25) is 0 Å². The summed E-state index contributed by atoms with van der Waals surface area (Å²) in [6.45, 7) is 1.70. The van der Waals surface area contributed by atoms with Gasteiger partial charge in [-0.15, -0.1) is 0 Å². The van der Waals surface area contributed by atoms with Crippen LogP contribution in [-0.2, 0) is 17.9 Å². The lowest BCUT2D eigenvalue weighted by molar-refractivity contribution is -0.0180. The van der Waals surface area contributed by atoms with Gasteiger partial charge in [0, 0.05) is 12.1 Å². The van der Waals surface area contributed by atoms with E-state index in [0.717, 1.165) is 23.6 Å². The van der Waals surface area contributed by atoms with Crippen LogP contribution >= 0.6 is 0 Å². The summed E-state index contributed by atoms with van der Waals surface area (Å²) in [6.07, 6.45) is 0. The van der Waals surface area contributed by atoms with Gasteiger partial charge in [-0.25, -0.2) is 0 Å². The first-order valence-electron chi connectivity index (χ1n) is 4.90. The van der Waals surface area contributed by atoms with Crippen LogP contribution in [0, 0.1) is 0 Å². The molecule has 0 radical (unpaired) electrons. The molecular weight excluding hydrogens is 194 g/mol. The molecule has 1 N–H and O–H groups in total. The third kappa shape index (κ3) is 2.06. The van der Waals surface area contributed by atoms with E-state index in [4.69, 9.17) is 14.2 Å². The molecule has 0 amide bonds. The highest BCUT2D eigenvalue weighted by Gasteiger charge is 2.16. The molecule has 82 valence electrons. The Labute approximate surface area is 89.1 Å². The summed E-state index contributed by atoms with van der Waals surface area (Å²) in [7, 11) is 3.57. The van der Waals surface area contributed by atoms with Gasteiger partial charge in [0.2, 0.25) is 0 Å². The predicted octanol–water partition coefficient (Wildman–Crippen LogP) is 1.28. The van der Waals surface area contributed by atoms with E-state index in [1.807, 2.05) is 13.1 Å². The predicted molar refractivity (Wildman–Crippen MR) is 56.0 cm³/mol. The minimum absolute atomic E-state index is 0.300. The molecule has 0 unspecified atom stereocenters. The highest BCUT2D eigenvalue weighted by Crippen LogP contribution is 2.35. The first-order valence-corrected chi connectivity index (χ1v) is 4.90. The van der Waals surface area contributed by atoms with Crippen molar-refractivity contribution in [1.29, 1.82) is 0 Å². The van der Waals surface area contributed by atoms with Crippen LogP contribution < -0.4 is 14.8 Å². The number of fused-ring (bicyclic) bond motifs is 1. The summed E-state index contributed by atoms with van der Waals surface area (Å²) in [5.41, 5.74) is 2.22. The van der Waals surface area contributed by atoms with Crippen molar-refractivity contribution in [2.45, 2.75) is 13.2 Å². The van der Waals surface area contributed by atoms with Crippen molar-refractivity contribution in [3.05, 3.63) is 23.3 Å². The quantitative estimate of drug-likeness (QED) is 0.814. The average Bonchev–Trinajstić information content (AvgIpc) is 2.28. The Bertz CT molecular complexity index is 335. The number of rotatable bonds is 3. The van der Waals surface area contributed by atoms with Gasteiger partial charge in [0.1, 0.15) is 0 Å². The number of nitrogens with one attached hydrogen (secondary N) is 1. The number of ether oxygens (including phenoxy) is 3. The Balaban J connectivity index is 2.38. The van der Waals surface area contributed by atoms with E-state index >= 15 is 0 Å². The van der Waals surface area contributed by atoms with Crippen molar-refractivity contribution < 1.29 is 14.2 Å². The smallest absolute Gasteiger partial charge is 0.189 e. The third-order valence-electron chi connectivity index (χ3n) is 2.34. The van der Waals surface area contributed by atoms with Gasteiger partial charge < -0.3 is 19.5 Å². The van der Waals surface area contributed by atoms with Gasteiger partial charge >= 0.3 is 0 Å². The maximum absolute atomic E-state index is 5.41. The fourth-order valence-corrected chi connectivity index (χ4v) is 1.70. The molecule has 4 nitrogen and oxygen atoms in total.